The number of hydrogen-bond acceptors (Lipinski definition) is 3. The van der Waals surface area contributed by atoms with Gasteiger partial charge in [0.25, 0.3) is 5.56 Å². The molecule has 1 N–H and O–H groups in total. The van der Waals surface area contributed by atoms with Crippen molar-refractivity contribution in [2.75, 3.05) is 7.11 Å². The average molecular weight is 270 g/mol. The number of methoxy groups -OCH3 is 1. The SMILES string of the molecule is COCc1nc(-c2ccc(C3CCC3)cc2)cc(=O)[nH]1. The molecule has 2 aromatic rings. The number of aromatic nitrogens is 2. The highest BCUT2D eigenvalue weighted by Crippen LogP contribution is 2.36. The first-order valence-corrected chi connectivity index (χ1v) is 6.96. The number of benzene rings is 1. The summed E-state index contributed by atoms with van der Waals surface area (Å²) in [6, 6.07) is 9.92. The summed E-state index contributed by atoms with van der Waals surface area (Å²) in [5.74, 6) is 1.28. The Morgan fingerprint density at radius 3 is 2.65 bits per heavy atom. The summed E-state index contributed by atoms with van der Waals surface area (Å²) in [5, 5.41) is 0. The molecule has 1 heterocycles. The summed E-state index contributed by atoms with van der Waals surface area (Å²) in [5.41, 5.74) is 2.91. The van der Waals surface area contributed by atoms with E-state index in [1.165, 1.54) is 30.9 Å². The lowest BCUT2D eigenvalue weighted by Gasteiger charge is -2.25. The molecule has 20 heavy (non-hydrogen) atoms. The molecule has 1 aromatic heterocycles. The highest BCUT2D eigenvalue weighted by molar-refractivity contribution is 5.59. The minimum Gasteiger partial charge on any atom is -0.377 e. The molecular weight excluding hydrogens is 252 g/mol. The molecule has 0 aliphatic heterocycles. The summed E-state index contributed by atoms with van der Waals surface area (Å²) in [4.78, 5) is 18.7. The minimum atomic E-state index is -0.148. The smallest absolute Gasteiger partial charge is 0.251 e. The zero-order chi connectivity index (χ0) is 13.9. The van der Waals surface area contributed by atoms with Crippen LogP contribution in [0.3, 0.4) is 0 Å². The van der Waals surface area contributed by atoms with Crippen molar-refractivity contribution in [2.24, 2.45) is 0 Å². The molecule has 104 valence electrons. The molecule has 0 saturated heterocycles. The normalized spacial score (nSPS) is 15.1. The van der Waals surface area contributed by atoms with Crippen LogP contribution in [0, 0.1) is 0 Å². The third-order valence-corrected chi connectivity index (χ3v) is 3.85. The fourth-order valence-electron chi connectivity index (χ4n) is 2.53. The van der Waals surface area contributed by atoms with Gasteiger partial charge in [-0.25, -0.2) is 4.98 Å². The maximum atomic E-state index is 11.6. The average Bonchev–Trinajstić information content (AvgIpc) is 2.37. The summed E-state index contributed by atoms with van der Waals surface area (Å²) >= 11 is 0. The third-order valence-electron chi connectivity index (χ3n) is 3.85. The molecule has 1 aliphatic rings. The van der Waals surface area contributed by atoms with Crippen LogP contribution in [0.2, 0.25) is 0 Å². The first kappa shape index (κ1) is 13.1. The molecule has 1 saturated carbocycles. The fourth-order valence-corrected chi connectivity index (χ4v) is 2.53. The van der Waals surface area contributed by atoms with Gasteiger partial charge in [0.1, 0.15) is 12.4 Å². The summed E-state index contributed by atoms with van der Waals surface area (Å²) in [6.45, 7) is 0.309. The second kappa shape index (κ2) is 5.59. The van der Waals surface area contributed by atoms with Gasteiger partial charge in [0.05, 0.1) is 5.69 Å². The van der Waals surface area contributed by atoms with E-state index in [2.05, 4.69) is 22.1 Å². The topological polar surface area (TPSA) is 55.0 Å². The Balaban J connectivity index is 1.89. The molecule has 0 bridgehead atoms. The fraction of sp³-hybridized carbons (Fsp3) is 0.375. The first-order chi connectivity index (χ1) is 9.76. The lowest BCUT2D eigenvalue weighted by Crippen LogP contribution is -2.12. The number of nitrogens with one attached hydrogen (secondary N) is 1. The van der Waals surface area contributed by atoms with Gasteiger partial charge in [0.15, 0.2) is 0 Å². The van der Waals surface area contributed by atoms with Gasteiger partial charge in [-0.2, -0.15) is 0 Å². The van der Waals surface area contributed by atoms with Crippen molar-refractivity contribution in [3.8, 4) is 11.3 Å². The van der Waals surface area contributed by atoms with Crippen LogP contribution in [0.1, 0.15) is 36.6 Å². The maximum Gasteiger partial charge on any atom is 0.251 e. The van der Waals surface area contributed by atoms with Gasteiger partial charge < -0.3 is 9.72 Å². The first-order valence-electron chi connectivity index (χ1n) is 6.96. The van der Waals surface area contributed by atoms with Crippen molar-refractivity contribution < 1.29 is 4.74 Å². The summed E-state index contributed by atoms with van der Waals surface area (Å²) in [7, 11) is 1.58. The van der Waals surface area contributed by atoms with Crippen LogP contribution in [0.4, 0.5) is 0 Å². The van der Waals surface area contributed by atoms with Crippen LogP contribution in [-0.4, -0.2) is 17.1 Å². The third kappa shape index (κ3) is 2.65. The maximum absolute atomic E-state index is 11.6. The molecule has 0 spiro atoms. The van der Waals surface area contributed by atoms with E-state index >= 15 is 0 Å². The van der Waals surface area contributed by atoms with Crippen LogP contribution in [-0.2, 0) is 11.3 Å². The predicted molar refractivity (Wildman–Crippen MR) is 77.6 cm³/mol. The van der Waals surface area contributed by atoms with Gasteiger partial charge in [-0.15, -0.1) is 0 Å². The zero-order valence-corrected chi connectivity index (χ0v) is 11.6. The van der Waals surface area contributed by atoms with Crippen molar-refractivity contribution in [3.05, 3.63) is 52.1 Å². The van der Waals surface area contributed by atoms with E-state index in [0.717, 1.165) is 11.5 Å². The minimum absolute atomic E-state index is 0.148. The Kier molecular flexibility index (Phi) is 3.65. The molecule has 0 atom stereocenters. The van der Waals surface area contributed by atoms with Crippen molar-refractivity contribution >= 4 is 0 Å². The molecule has 4 nitrogen and oxygen atoms in total. The molecular formula is C16H18N2O2. The van der Waals surface area contributed by atoms with E-state index in [1.54, 1.807) is 7.11 Å². The van der Waals surface area contributed by atoms with E-state index in [0.29, 0.717) is 18.1 Å². The van der Waals surface area contributed by atoms with Crippen LogP contribution >= 0.6 is 0 Å². The lowest BCUT2D eigenvalue weighted by atomic mass is 9.80. The van der Waals surface area contributed by atoms with E-state index in [4.69, 9.17) is 4.74 Å². The Morgan fingerprint density at radius 2 is 2.05 bits per heavy atom. The number of rotatable bonds is 4. The molecule has 1 aliphatic carbocycles. The number of ether oxygens (including phenoxy) is 1. The molecule has 0 radical (unpaired) electrons. The molecule has 0 unspecified atom stereocenters. The molecule has 1 fully saturated rings. The van der Waals surface area contributed by atoms with Gasteiger partial charge in [0, 0.05) is 18.7 Å². The zero-order valence-electron chi connectivity index (χ0n) is 11.6. The lowest BCUT2D eigenvalue weighted by molar-refractivity contribution is 0.177. The number of nitrogens with zero attached hydrogens (tertiary/aromatic N) is 1. The van der Waals surface area contributed by atoms with Crippen LogP contribution in [0.5, 0.6) is 0 Å². The van der Waals surface area contributed by atoms with Crippen molar-refractivity contribution in [3.63, 3.8) is 0 Å². The van der Waals surface area contributed by atoms with Crippen molar-refractivity contribution in [1.29, 1.82) is 0 Å². The standard InChI is InChI=1S/C16H18N2O2/c1-20-10-15-17-14(9-16(19)18-15)13-7-5-12(6-8-13)11-3-2-4-11/h5-9,11H,2-4,10H2,1H3,(H,17,18,19). The number of aromatic amines is 1. The van der Waals surface area contributed by atoms with Crippen LogP contribution in [0.25, 0.3) is 11.3 Å². The largest absolute Gasteiger partial charge is 0.377 e. The van der Waals surface area contributed by atoms with Crippen molar-refractivity contribution in [2.45, 2.75) is 31.8 Å². The predicted octanol–water partition coefficient (Wildman–Crippen LogP) is 2.85. The molecule has 1 aromatic carbocycles. The van der Waals surface area contributed by atoms with Gasteiger partial charge in [-0.3, -0.25) is 4.79 Å². The Hall–Kier alpha value is -1.94. The van der Waals surface area contributed by atoms with Crippen LogP contribution in [0.15, 0.2) is 35.1 Å². The molecule has 3 rings (SSSR count). The van der Waals surface area contributed by atoms with E-state index in [-0.39, 0.29) is 5.56 Å². The quantitative estimate of drug-likeness (QED) is 0.929. The highest BCUT2D eigenvalue weighted by atomic mass is 16.5. The Bertz CT molecular complexity index is 642. The van der Waals surface area contributed by atoms with E-state index in [1.807, 2.05) is 12.1 Å². The second-order valence-corrected chi connectivity index (χ2v) is 5.26. The van der Waals surface area contributed by atoms with Gasteiger partial charge in [-0.05, 0) is 24.3 Å². The summed E-state index contributed by atoms with van der Waals surface area (Å²) in [6.07, 6.45) is 3.92. The molecule has 0 amide bonds. The summed E-state index contributed by atoms with van der Waals surface area (Å²) < 4.78 is 5.01. The van der Waals surface area contributed by atoms with Gasteiger partial charge >= 0.3 is 0 Å². The molecule has 4 heteroatoms. The van der Waals surface area contributed by atoms with E-state index in [9.17, 15) is 4.79 Å². The Morgan fingerprint density at radius 1 is 1.30 bits per heavy atom. The monoisotopic (exact) mass is 270 g/mol. The van der Waals surface area contributed by atoms with Gasteiger partial charge in [-0.1, -0.05) is 30.7 Å². The van der Waals surface area contributed by atoms with Crippen LogP contribution < -0.4 is 5.56 Å². The number of H-pyrrole nitrogens is 1. The van der Waals surface area contributed by atoms with E-state index < -0.39 is 0 Å². The highest BCUT2D eigenvalue weighted by Gasteiger charge is 2.19. The number of hydrogen-bond donors (Lipinski definition) is 1. The second-order valence-electron chi connectivity index (χ2n) is 5.26. The van der Waals surface area contributed by atoms with Gasteiger partial charge in [0.2, 0.25) is 0 Å². The Labute approximate surface area is 117 Å². The van der Waals surface area contributed by atoms with Crippen molar-refractivity contribution in [1.82, 2.24) is 9.97 Å².